The number of aliphatic carboxylic acids is 1. The molecular formula is C17H14ClN9O4S3. The molecule has 0 radical (unpaired) electrons. The maximum Gasteiger partial charge on any atom is 0.352 e. The smallest absolute Gasteiger partial charge is 0.352 e. The van der Waals surface area contributed by atoms with Crippen molar-refractivity contribution in [1.82, 2.24) is 35.4 Å². The molecule has 2 aliphatic heterocycles. The Morgan fingerprint density at radius 1 is 1.50 bits per heavy atom. The number of tetrazole rings is 1. The number of carboxylic acids is 1. The minimum atomic E-state index is -1.25. The van der Waals surface area contributed by atoms with Gasteiger partial charge in [-0.2, -0.15) is 5.26 Å². The predicted molar refractivity (Wildman–Crippen MR) is 124 cm³/mol. The van der Waals surface area contributed by atoms with Gasteiger partial charge in [0.05, 0.1) is 17.3 Å². The summed E-state index contributed by atoms with van der Waals surface area (Å²) in [4.78, 5) is 42.8. The number of nitrogen functional groups attached to an aromatic ring is 1. The maximum atomic E-state index is 12.9. The zero-order valence-corrected chi connectivity index (χ0v) is 20.1. The van der Waals surface area contributed by atoms with Crippen molar-refractivity contribution in [2.24, 2.45) is 0 Å². The Balaban J connectivity index is 1.48. The number of nitriles is 1. The van der Waals surface area contributed by atoms with E-state index < -0.39 is 29.2 Å². The van der Waals surface area contributed by atoms with Crippen LogP contribution in [0.5, 0.6) is 0 Å². The number of nitrogens with zero attached hydrogens (tertiary/aromatic N) is 7. The average Bonchev–Trinajstić information content (AvgIpc) is 3.44. The zero-order valence-electron chi connectivity index (χ0n) is 16.9. The van der Waals surface area contributed by atoms with Crippen LogP contribution in [0.15, 0.2) is 27.3 Å². The normalized spacial score (nSPS) is 19.9. The lowest BCUT2D eigenvalue weighted by molar-refractivity contribution is -0.150. The second kappa shape index (κ2) is 10.0. The Kier molecular flexibility index (Phi) is 7.07. The number of carbonyl (C=O) groups excluding carboxylic acids is 2. The fourth-order valence-corrected chi connectivity index (χ4v) is 6.40. The van der Waals surface area contributed by atoms with Gasteiger partial charge in [-0.05, 0) is 16.0 Å². The lowest BCUT2D eigenvalue weighted by Gasteiger charge is -2.49. The Labute approximate surface area is 209 Å². The quantitative estimate of drug-likeness (QED) is 0.237. The molecule has 34 heavy (non-hydrogen) atoms. The van der Waals surface area contributed by atoms with Crippen LogP contribution < -0.4 is 11.1 Å². The molecule has 0 aromatic carbocycles. The number of fused-ring (bicyclic) bond motifs is 1. The van der Waals surface area contributed by atoms with E-state index in [-0.39, 0.29) is 34.4 Å². The lowest BCUT2D eigenvalue weighted by atomic mass is 10.0. The van der Waals surface area contributed by atoms with Crippen molar-refractivity contribution in [2.45, 2.75) is 23.1 Å². The molecule has 2 aromatic rings. The molecular weight excluding hydrogens is 526 g/mol. The summed E-state index contributed by atoms with van der Waals surface area (Å²) in [7, 11) is 0. The number of hydrogen-bond donors (Lipinski definition) is 3. The van der Waals surface area contributed by atoms with E-state index in [2.05, 4.69) is 25.8 Å². The van der Waals surface area contributed by atoms with Crippen LogP contribution in [-0.4, -0.2) is 75.9 Å². The van der Waals surface area contributed by atoms with Gasteiger partial charge in [-0.25, -0.2) is 14.5 Å². The molecule has 1 saturated heterocycles. The summed E-state index contributed by atoms with van der Waals surface area (Å²) in [5.74, 6) is -1.90. The predicted octanol–water partition coefficient (Wildman–Crippen LogP) is 0.346. The molecule has 1 unspecified atom stereocenters. The van der Waals surface area contributed by atoms with Gasteiger partial charge in [0.2, 0.25) is 5.16 Å². The van der Waals surface area contributed by atoms with Gasteiger partial charge < -0.3 is 16.2 Å². The van der Waals surface area contributed by atoms with Crippen LogP contribution >= 0.6 is 46.5 Å². The first-order chi connectivity index (χ1) is 16.3. The first-order valence-electron chi connectivity index (χ1n) is 9.34. The number of aromatic nitrogens is 5. The monoisotopic (exact) mass is 539 g/mol. The van der Waals surface area contributed by atoms with E-state index >= 15 is 0 Å². The number of anilines is 1. The highest BCUT2D eigenvalue weighted by Gasteiger charge is 2.54. The molecule has 0 saturated carbocycles. The molecule has 2 atom stereocenters. The summed E-state index contributed by atoms with van der Waals surface area (Å²) in [6, 6.07) is 1.01. The first-order valence-corrected chi connectivity index (χ1v) is 12.7. The molecule has 13 nitrogen and oxygen atoms in total. The van der Waals surface area contributed by atoms with Crippen molar-refractivity contribution in [1.29, 1.82) is 5.26 Å². The molecule has 2 amide bonds. The van der Waals surface area contributed by atoms with E-state index in [1.807, 2.05) is 6.07 Å². The van der Waals surface area contributed by atoms with Crippen molar-refractivity contribution in [3.05, 3.63) is 27.9 Å². The third kappa shape index (κ3) is 4.46. The third-order valence-corrected chi connectivity index (χ3v) is 8.06. The van der Waals surface area contributed by atoms with Crippen LogP contribution in [0.4, 0.5) is 5.13 Å². The number of β-lactam (4-membered cyclic amide) rings is 1. The Morgan fingerprint density at radius 2 is 2.29 bits per heavy atom. The van der Waals surface area contributed by atoms with Crippen LogP contribution in [0.2, 0.25) is 0 Å². The van der Waals surface area contributed by atoms with Gasteiger partial charge >= 0.3 is 5.97 Å². The van der Waals surface area contributed by atoms with E-state index in [0.717, 1.165) is 28.6 Å². The fourth-order valence-electron chi connectivity index (χ4n) is 3.26. The highest BCUT2D eigenvalue weighted by molar-refractivity contribution is 8.01. The number of hydrogen-bond acceptors (Lipinski definition) is 12. The standard InChI is InChI=1S/C17H14ClN9O4S3/c18-3-8(9-6-33-16(20)21-9)12(28)22-10-13(29)27-11(15(30)31)7(4-32-14(10)27)5-34-17-23-24-25-26(17)2-1-19/h3,6,10,14H,2,4-5H2,(H2,20,21)(H,22,28)(H,30,31)/b8-3+/t10?,14-/m1/s1. The number of nitrogens with one attached hydrogen (secondary N) is 1. The third-order valence-electron chi connectivity index (χ3n) is 4.78. The van der Waals surface area contributed by atoms with Crippen molar-refractivity contribution in [3.63, 3.8) is 0 Å². The molecule has 2 aromatic heterocycles. The summed E-state index contributed by atoms with van der Waals surface area (Å²) >= 11 is 9.42. The summed E-state index contributed by atoms with van der Waals surface area (Å²) in [5, 5.41) is 33.9. The lowest BCUT2D eigenvalue weighted by Crippen LogP contribution is -2.70. The topological polar surface area (TPSA) is 193 Å². The number of nitrogens with two attached hydrogens (primary N) is 1. The first kappa shape index (κ1) is 24.0. The molecule has 176 valence electrons. The van der Waals surface area contributed by atoms with Crippen LogP contribution in [0.3, 0.4) is 0 Å². The largest absolute Gasteiger partial charge is 0.477 e. The van der Waals surface area contributed by atoms with E-state index in [1.54, 1.807) is 5.38 Å². The zero-order chi connectivity index (χ0) is 24.4. The van der Waals surface area contributed by atoms with Gasteiger partial charge in [0, 0.05) is 22.4 Å². The molecule has 4 rings (SSSR count). The average molecular weight is 540 g/mol. The van der Waals surface area contributed by atoms with Crippen molar-refractivity contribution >= 4 is 74.9 Å². The van der Waals surface area contributed by atoms with Crippen molar-refractivity contribution in [2.75, 3.05) is 17.2 Å². The van der Waals surface area contributed by atoms with Gasteiger partial charge in [0.1, 0.15) is 23.7 Å². The minimum absolute atomic E-state index is 0.0443. The number of thioether (sulfide) groups is 2. The summed E-state index contributed by atoms with van der Waals surface area (Å²) in [6.07, 6.45) is 0. The van der Waals surface area contributed by atoms with Crippen LogP contribution in [0, 0.1) is 11.3 Å². The molecule has 0 spiro atoms. The molecule has 4 heterocycles. The van der Waals surface area contributed by atoms with Gasteiger partial charge in [-0.3, -0.25) is 14.5 Å². The van der Waals surface area contributed by atoms with Gasteiger partial charge in [-0.15, -0.1) is 28.2 Å². The second-order valence-corrected chi connectivity index (χ2v) is 9.93. The SMILES string of the molecule is N#CCn1nnnc1SCC1=C(C(=O)O)N2C(=O)C(NC(=O)/C(=C/Cl)c3csc(N)n3)[C@H]2SC1. The summed E-state index contributed by atoms with van der Waals surface area (Å²) < 4.78 is 1.29. The molecule has 0 bridgehead atoms. The highest BCUT2D eigenvalue weighted by Crippen LogP contribution is 2.41. The highest BCUT2D eigenvalue weighted by atomic mass is 35.5. The van der Waals surface area contributed by atoms with E-state index in [0.29, 0.717) is 16.5 Å². The summed E-state index contributed by atoms with van der Waals surface area (Å²) in [5.41, 5.74) is 7.35. The molecule has 17 heteroatoms. The van der Waals surface area contributed by atoms with Crippen LogP contribution in [-0.2, 0) is 20.9 Å². The summed E-state index contributed by atoms with van der Waals surface area (Å²) in [6.45, 7) is -0.0464. The fraction of sp³-hybridized carbons (Fsp3) is 0.294. The van der Waals surface area contributed by atoms with Gasteiger partial charge in [0.15, 0.2) is 5.13 Å². The number of amides is 2. The second-order valence-electron chi connectivity index (χ2n) is 6.78. The number of thiazole rings is 1. The van der Waals surface area contributed by atoms with Crippen LogP contribution in [0.1, 0.15) is 5.69 Å². The van der Waals surface area contributed by atoms with Crippen molar-refractivity contribution < 1.29 is 19.5 Å². The Morgan fingerprint density at radius 3 is 2.94 bits per heavy atom. The van der Waals surface area contributed by atoms with Gasteiger partial charge in [0.25, 0.3) is 11.8 Å². The molecule has 2 aliphatic rings. The van der Waals surface area contributed by atoms with Crippen molar-refractivity contribution in [3.8, 4) is 6.07 Å². The molecule has 4 N–H and O–H groups in total. The maximum absolute atomic E-state index is 12.9. The van der Waals surface area contributed by atoms with Gasteiger partial charge in [-0.1, -0.05) is 23.4 Å². The molecule has 0 aliphatic carbocycles. The van der Waals surface area contributed by atoms with Crippen LogP contribution in [0.25, 0.3) is 5.57 Å². The number of rotatable bonds is 8. The van der Waals surface area contributed by atoms with E-state index in [4.69, 9.17) is 22.6 Å². The number of halogens is 1. The van der Waals surface area contributed by atoms with E-state index in [9.17, 15) is 19.5 Å². The molecule has 1 fully saturated rings. The number of carbonyl (C=O) groups is 3. The Bertz CT molecular complexity index is 1270. The minimum Gasteiger partial charge on any atom is -0.477 e. The Hall–Kier alpha value is -3.13. The number of carboxylic acid groups (broad SMARTS) is 1. The van der Waals surface area contributed by atoms with E-state index in [1.165, 1.54) is 21.3 Å².